The van der Waals surface area contributed by atoms with E-state index in [1.54, 1.807) is 36.4 Å². The maximum absolute atomic E-state index is 12.9. The number of fused-ring (bicyclic) bond motifs is 1. The minimum atomic E-state index is -1.64. The van der Waals surface area contributed by atoms with Crippen LogP contribution in [0.25, 0.3) is 10.8 Å². The number of ether oxygens (including phenoxy) is 1. The fourth-order valence-electron chi connectivity index (χ4n) is 3.15. The number of hydrogen-bond acceptors (Lipinski definition) is 5. The van der Waals surface area contributed by atoms with E-state index in [1.165, 1.54) is 7.11 Å². The lowest BCUT2D eigenvalue weighted by molar-refractivity contribution is -0.121. The summed E-state index contributed by atoms with van der Waals surface area (Å²) in [7, 11) is -0.103. The summed E-state index contributed by atoms with van der Waals surface area (Å²) in [5, 5.41) is 25.2. The molecule has 0 aliphatic carbocycles. The zero-order valence-electron chi connectivity index (χ0n) is 16.5. The van der Waals surface area contributed by atoms with E-state index in [9.17, 15) is 9.59 Å². The standard InChI is InChI=1S/C22H23BN2O5/c1-30-19-8-4-7-17(12-19)20(13-21(26)24-14-23(28)29)25-22(27)18-10-9-15-5-2-3-6-16(15)11-18/h2-12,20,28-29H,13-14H2,1H3,(H,24,26)(H,25,27). The van der Waals surface area contributed by atoms with Gasteiger partial charge in [-0.3, -0.25) is 9.59 Å². The number of methoxy groups -OCH3 is 1. The highest BCUT2D eigenvalue weighted by molar-refractivity contribution is 6.41. The molecule has 0 heterocycles. The van der Waals surface area contributed by atoms with Crippen molar-refractivity contribution in [2.75, 3.05) is 13.6 Å². The minimum Gasteiger partial charge on any atom is -0.497 e. The first-order valence-electron chi connectivity index (χ1n) is 9.52. The average Bonchev–Trinajstić information content (AvgIpc) is 2.76. The van der Waals surface area contributed by atoms with Crippen LogP contribution in [0.2, 0.25) is 0 Å². The van der Waals surface area contributed by atoms with Crippen molar-refractivity contribution in [2.45, 2.75) is 12.5 Å². The summed E-state index contributed by atoms with van der Waals surface area (Å²) in [5.74, 6) is -0.137. The van der Waals surface area contributed by atoms with Crippen molar-refractivity contribution >= 4 is 29.7 Å². The Labute approximate surface area is 174 Å². The quantitative estimate of drug-likeness (QED) is 0.427. The molecule has 0 saturated heterocycles. The molecule has 7 nitrogen and oxygen atoms in total. The molecule has 0 aliphatic heterocycles. The molecule has 3 aromatic rings. The largest absolute Gasteiger partial charge is 0.497 e. The Balaban J connectivity index is 1.82. The van der Waals surface area contributed by atoms with Crippen LogP contribution < -0.4 is 15.4 Å². The number of amides is 2. The van der Waals surface area contributed by atoms with Gasteiger partial charge in [-0.2, -0.15) is 0 Å². The lowest BCUT2D eigenvalue weighted by Crippen LogP contribution is -2.38. The van der Waals surface area contributed by atoms with Gasteiger partial charge < -0.3 is 25.4 Å². The Bertz CT molecular complexity index is 1040. The predicted octanol–water partition coefficient (Wildman–Crippen LogP) is 1.84. The van der Waals surface area contributed by atoms with Gasteiger partial charge in [0.1, 0.15) is 5.75 Å². The first-order chi connectivity index (χ1) is 14.5. The summed E-state index contributed by atoms with van der Waals surface area (Å²) in [5.41, 5.74) is 1.18. The van der Waals surface area contributed by atoms with Crippen LogP contribution in [0.3, 0.4) is 0 Å². The molecule has 0 aliphatic rings. The Morgan fingerprint density at radius 3 is 2.50 bits per heavy atom. The van der Waals surface area contributed by atoms with Crippen molar-refractivity contribution in [3.63, 3.8) is 0 Å². The first kappa shape index (κ1) is 21.4. The van der Waals surface area contributed by atoms with Crippen LogP contribution in [0.1, 0.15) is 28.4 Å². The second kappa shape index (κ2) is 9.91. The zero-order valence-corrected chi connectivity index (χ0v) is 16.5. The molecule has 0 spiro atoms. The van der Waals surface area contributed by atoms with Gasteiger partial charge in [0.2, 0.25) is 5.91 Å². The third kappa shape index (κ3) is 5.59. The zero-order chi connectivity index (χ0) is 21.5. The van der Waals surface area contributed by atoms with Gasteiger partial charge in [-0.1, -0.05) is 42.5 Å². The van der Waals surface area contributed by atoms with Crippen LogP contribution in [0.15, 0.2) is 66.7 Å². The SMILES string of the molecule is COc1cccc(C(CC(=O)NCB(O)O)NC(=O)c2ccc3ccccc3c2)c1. The molecule has 0 saturated carbocycles. The third-order valence-electron chi connectivity index (χ3n) is 4.68. The summed E-state index contributed by atoms with van der Waals surface area (Å²) in [6, 6.07) is 19.6. The number of nitrogens with one attached hydrogen (secondary N) is 2. The number of carbonyl (C=O) groups excluding carboxylic acids is 2. The number of benzene rings is 3. The molecule has 8 heteroatoms. The van der Waals surface area contributed by atoms with Crippen molar-refractivity contribution in [1.29, 1.82) is 0 Å². The summed E-state index contributed by atoms with van der Waals surface area (Å²) >= 11 is 0. The molecule has 3 aromatic carbocycles. The fourth-order valence-corrected chi connectivity index (χ4v) is 3.15. The maximum Gasteiger partial charge on any atom is 0.472 e. The van der Waals surface area contributed by atoms with Crippen LogP contribution >= 0.6 is 0 Å². The predicted molar refractivity (Wildman–Crippen MR) is 115 cm³/mol. The van der Waals surface area contributed by atoms with Crippen molar-refractivity contribution < 1.29 is 24.4 Å². The van der Waals surface area contributed by atoms with Crippen molar-refractivity contribution in [3.05, 3.63) is 77.9 Å². The van der Waals surface area contributed by atoms with E-state index in [1.807, 2.05) is 30.3 Å². The molecule has 1 atom stereocenters. The second-order valence-electron chi connectivity index (χ2n) is 6.85. The van der Waals surface area contributed by atoms with E-state index >= 15 is 0 Å². The molecule has 0 fully saturated rings. The number of rotatable bonds is 8. The van der Waals surface area contributed by atoms with Gasteiger partial charge in [-0.15, -0.1) is 0 Å². The minimum absolute atomic E-state index is 0.0702. The monoisotopic (exact) mass is 406 g/mol. The topological polar surface area (TPSA) is 108 Å². The van der Waals surface area contributed by atoms with Gasteiger partial charge in [-0.25, -0.2) is 0 Å². The molecular formula is C22H23BN2O5. The highest BCUT2D eigenvalue weighted by Crippen LogP contribution is 2.23. The molecular weight excluding hydrogens is 383 g/mol. The van der Waals surface area contributed by atoms with Crippen LogP contribution in [-0.2, 0) is 4.79 Å². The van der Waals surface area contributed by atoms with E-state index in [-0.39, 0.29) is 18.8 Å². The van der Waals surface area contributed by atoms with E-state index in [2.05, 4.69) is 10.6 Å². The molecule has 0 bridgehead atoms. The number of carbonyl (C=O) groups is 2. The highest BCUT2D eigenvalue weighted by atomic mass is 16.5. The van der Waals surface area contributed by atoms with Gasteiger partial charge in [0.25, 0.3) is 5.91 Å². The molecule has 2 amide bonds. The lowest BCUT2D eigenvalue weighted by Gasteiger charge is -2.20. The molecule has 3 rings (SSSR count). The van der Waals surface area contributed by atoms with Gasteiger partial charge in [-0.05, 0) is 40.6 Å². The van der Waals surface area contributed by atoms with Crippen molar-refractivity contribution in [3.8, 4) is 5.75 Å². The third-order valence-corrected chi connectivity index (χ3v) is 4.68. The summed E-state index contributed by atoms with van der Waals surface area (Å²) < 4.78 is 5.25. The van der Waals surface area contributed by atoms with Crippen molar-refractivity contribution in [2.24, 2.45) is 0 Å². The molecule has 154 valence electrons. The molecule has 0 radical (unpaired) electrons. The Morgan fingerprint density at radius 2 is 1.77 bits per heavy atom. The van der Waals surface area contributed by atoms with Gasteiger partial charge in [0, 0.05) is 5.56 Å². The number of hydrogen-bond donors (Lipinski definition) is 4. The van der Waals surface area contributed by atoms with Gasteiger partial charge in [0.05, 0.1) is 26.0 Å². The summed E-state index contributed by atoms with van der Waals surface area (Å²) in [6.07, 6.45) is -0.360. The Morgan fingerprint density at radius 1 is 1.00 bits per heavy atom. The lowest BCUT2D eigenvalue weighted by atomic mass is 9.92. The van der Waals surface area contributed by atoms with E-state index in [0.717, 1.165) is 10.8 Å². The van der Waals surface area contributed by atoms with Crippen LogP contribution in [-0.4, -0.2) is 42.5 Å². The molecule has 0 aromatic heterocycles. The first-order valence-corrected chi connectivity index (χ1v) is 9.52. The smallest absolute Gasteiger partial charge is 0.472 e. The molecule has 4 N–H and O–H groups in total. The molecule has 30 heavy (non-hydrogen) atoms. The molecule has 1 unspecified atom stereocenters. The summed E-state index contributed by atoms with van der Waals surface area (Å²) in [4.78, 5) is 25.2. The van der Waals surface area contributed by atoms with E-state index in [0.29, 0.717) is 16.9 Å². The van der Waals surface area contributed by atoms with Crippen LogP contribution in [0.5, 0.6) is 5.75 Å². The Kier molecular flexibility index (Phi) is 7.05. The van der Waals surface area contributed by atoms with Gasteiger partial charge in [0.15, 0.2) is 0 Å². The van der Waals surface area contributed by atoms with E-state index in [4.69, 9.17) is 14.8 Å². The van der Waals surface area contributed by atoms with Crippen molar-refractivity contribution in [1.82, 2.24) is 10.6 Å². The normalized spacial score (nSPS) is 11.6. The van der Waals surface area contributed by atoms with Crippen LogP contribution in [0, 0.1) is 0 Å². The van der Waals surface area contributed by atoms with E-state index < -0.39 is 19.1 Å². The van der Waals surface area contributed by atoms with Gasteiger partial charge >= 0.3 is 7.12 Å². The maximum atomic E-state index is 12.9. The average molecular weight is 406 g/mol. The van der Waals surface area contributed by atoms with Crippen LogP contribution in [0.4, 0.5) is 0 Å². The Hall–Kier alpha value is -3.36. The highest BCUT2D eigenvalue weighted by Gasteiger charge is 2.21. The second-order valence-corrected chi connectivity index (χ2v) is 6.85. The summed E-state index contributed by atoms with van der Waals surface area (Å²) in [6.45, 7) is 0. The fraction of sp³-hybridized carbons (Fsp3) is 0.182.